The van der Waals surface area contributed by atoms with Gasteiger partial charge in [-0.2, -0.15) is 0 Å². The number of carbonyl (C=O) groups is 2. The quantitative estimate of drug-likeness (QED) is 0.169. The van der Waals surface area contributed by atoms with Crippen molar-refractivity contribution < 1.29 is 9.59 Å². The third kappa shape index (κ3) is 8.82. The molecule has 40 heavy (non-hydrogen) atoms. The first-order valence-electron chi connectivity index (χ1n) is 12.0. The van der Waals surface area contributed by atoms with Crippen LogP contribution in [0.2, 0.25) is 5.02 Å². The summed E-state index contributed by atoms with van der Waals surface area (Å²) in [6.45, 7) is 4.06. The topological polar surface area (TPSA) is 87.5 Å². The minimum Gasteiger partial charge on any atom is -0.366 e. The van der Waals surface area contributed by atoms with Gasteiger partial charge in [0.15, 0.2) is 0 Å². The van der Waals surface area contributed by atoms with Gasteiger partial charge >= 0.3 is 0 Å². The predicted molar refractivity (Wildman–Crippen MR) is 186 cm³/mol. The zero-order valence-electron chi connectivity index (χ0n) is 22.3. The number of carbonyl (C=O) groups excluding carboxylic acids is 2. The molecule has 0 aliphatic carbocycles. The monoisotopic (exact) mass is 844 g/mol. The number of nitrogens with zero attached hydrogens (tertiary/aromatic N) is 1. The molecule has 0 atom stereocenters. The smallest absolute Gasteiger partial charge is 0.255 e. The summed E-state index contributed by atoms with van der Waals surface area (Å²) in [7, 11) is 3.45. The molecule has 10 heteroatoms. The molecule has 0 saturated carbocycles. The van der Waals surface area contributed by atoms with E-state index >= 15 is 0 Å². The molecule has 0 radical (unpaired) electrons. The summed E-state index contributed by atoms with van der Waals surface area (Å²) in [6.07, 6.45) is 0. The Kier molecular flexibility index (Phi) is 11.7. The number of nitrogens with two attached hydrogens (primary N) is 1. The van der Waals surface area contributed by atoms with E-state index < -0.39 is 5.91 Å². The molecule has 4 rings (SSSR count). The zero-order chi connectivity index (χ0) is 29.6. The second-order valence-corrected chi connectivity index (χ2v) is 13.0. The van der Waals surface area contributed by atoms with Crippen LogP contribution in [0.15, 0.2) is 77.3 Å². The summed E-state index contributed by atoms with van der Waals surface area (Å²) >= 11 is 13.9. The number of hydrogen-bond acceptors (Lipinski definition) is 4. The van der Waals surface area contributed by atoms with Gasteiger partial charge in [-0.3, -0.25) is 9.59 Å². The Balaban J connectivity index is 0.000000222. The third-order valence-electron chi connectivity index (χ3n) is 5.78. The normalized spacial score (nSPS) is 10.3. The lowest BCUT2D eigenvalue weighted by Crippen LogP contribution is -2.22. The van der Waals surface area contributed by atoms with Gasteiger partial charge in [-0.05, 0) is 143 Å². The molecule has 0 aliphatic rings. The van der Waals surface area contributed by atoms with Crippen molar-refractivity contribution in [1.82, 2.24) is 4.90 Å². The second kappa shape index (κ2) is 14.5. The number of halogens is 4. The van der Waals surface area contributed by atoms with Crippen molar-refractivity contribution in [3.8, 4) is 0 Å². The van der Waals surface area contributed by atoms with Crippen LogP contribution in [-0.4, -0.2) is 30.8 Å². The summed E-state index contributed by atoms with van der Waals surface area (Å²) < 4.78 is 3.18. The molecule has 0 fully saturated rings. The Bertz CT molecular complexity index is 1560. The molecule has 0 aliphatic heterocycles. The van der Waals surface area contributed by atoms with Gasteiger partial charge < -0.3 is 21.3 Å². The molecule has 6 nitrogen and oxygen atoms in total. The molecule has 0 bridgehead atoms. The molecular formula is C30H28BrClI2N4O2. The Morgan fingerprint density at radius 2 is 1.23 bits per heavy atom. The summed E-state index contributed by atoms with van der Waals surface area (Å²) in [4.78, 5) is 25.3. The van der Waals surface area contributed by atoms with Gasteiger partial charge in [-0.1, -0.05) is 27.5 Å². The number of rotatable bonds is 6. The maximum Gasteiger partial charge on any atom is 0.255 e. The fourth-order valence-electron chi connectivity index (χ4n) is 3.70. The van der Waals surface area contributed by atoms with Crippen molar-refractivity contribution in [2.45, 2.75) is 13.8 Å². The van der Waals surface area contributed by atoms with Crippen LogP contribution in [0.1, 0.15) is 31.8 Å². The Morgan fingerprint density at radius 3 is 1.70 bits per heavy atom. The average molecular weight is 846 g/mol. The lowest BCUT2D eigenvalue weighted by atomic mass is 10.1. The summed E-state index contributed by atoms with van der Waals surface area (Å²) in [5.41, 5.74) is 12.1. The van der Waals surface area contributed by atoms with E-state index in [0.717, 1.165) is 32.7 Å². The maximum atomic E-state index is 12.3. The Hall–Kier alpha value is -2.35. The van der Waals surface area contributed by atoms with Gasteiger partial charge in [-0.15, -0.1) is 0 Å². The maximum absolute atomic E-state index is 12.3. The molecule has 4 N–H and O–H groups in total. The standard InChI is InChI=1S/C16H16ClIN2O.C14H12BrIN2O/c1-10-8-12(18)5-7-14(10)19-15-6-4-11(17)9-13(15)16(21)20(2)3;1-8-6-10(16)3-5-12(8)18-13-4-2-9(15)7-11(13)14(17)19/h4-9,19H,1-3H3;2-7,18H,1H3,(H2,17,19). The van der Waals surface area contributed by atoms with E-state index in [1.807, 2.05) is 56.3 Å². The molecule has 2 amide bonds. The van der Waals surface area contributed by atoms with Crippen LogP contribution in [0.25, 0.3) is 0 Å². The van der Waals surface area contributed by atoms with E-state index in [1.54, 1.807) is 32.3 Å². The SMILES string of the molecule is Cc1cc(I)ccc1Nc1ccc(Br)cc1C(N)=O.Cc1cc(I)ccc1Nc1ccc(Cl)cc1C(=O)N(C)C. The van der Waals surface area contributed by atoms with Gasteiger partial charge in [-0.25, -0.2) is 0 Å². The predicted octanol–water partition coefficient (Wildman–Crippen LogP) is 8.90. The van der Waals surface area contributed by atoms with Crippen molar-refractivity contribution in [3.05, 3.63) is 112 Å². The van der Waals surface area contributed by atoms with E-state index in [9.17, 15) is 9.59 Å². The van der Waals surface area contributed by atoms with Crippen LogP contribution in [0.4, 0.5) is 22.7 Å². The molecule has 208 valence electrons. The summed E-state index contributed by atoms with van der Waals surface area (Å²) in [5, 5.41) is 7.12. The summed E-state index contributed by atoms with van der Waals surface area (Å²) in [6, 6.07) is 22.9. The van der Waals surface area contributed by atoms with E-state index in [0.29, 0.717) is 21.8 Å². The van der Waals surface area contributed by atoms with Gasteiger partial charge in [0.25, 0.3) is 11.8 Å². The molecule has 0 saturated heterocycles. The van der Waals surface area contributed by atoms with Crippen LogP contribution in [0, 0.1) is 21.0 Å². The first-order valence-corrected chi connectivity index (χ1v) is 15.4. The highest BCUT2D eigenvalue weighted by atomic mass is 127. The number of anilines is 4. The highest BCUT2D eigenvalue weighted by Crippen LogP contribution is 2.28. The van der Waals surface area contributed by atoms with Crippen LogP contribution < -0.4 is 16.4 Å². The molecule has 4 aromatic rings. The zero-order valence-corrected chi connectivity index (χ0v) is 28.9. The van der Waals surface area contributed by atoms with Crippen LogP contribution in [0.3, 0.4) is 0 Å². The lowest BCUT2D eigenvalue weighted by molar-refractivity contribution is 0.0828. The Morgan fingerprint density at radius 1 is 0.750 bits per heavy atom. The van der Waals surface area contributed by atoms with E-state index in [-0.39, 0.29) is 5.91 Å². The molecule has 0 unspecified atom stereocenters. The number of nitrogens with one attached hydrogen (secondary N) is 2. The number of primary amides is 1. The first kappa shape index (κ1) is 32.2. The molecule has 0 heterocycles. The largest absolute Gasteiger partial charge is 0.366 e. The number of benzene rings is 4. The third-order valence-corrected chi connectivity index (χ3v) is 7.85. The van der Waals surface area contributed by atoms with Crippen molar-refractivity contribution in [2.24, 2.45) is 5.73 Å². The van der Waals surface area contributed by atoms with Crippen LogP contribution in [0.5, 0.6) is 0 Å². The fraction of sp³-hybridized carbons (Fsp3) is 0.133. The molecule has 4 aromatic carbocycles. The average Bonchev–Trinajstić information content (AvgIpc) is 2.89. The Labute approximate surface area is 275 Å². The van der Waals surface area contributed by atoms with Crippen molar-refractivity contribution in [3.63, 3.8) is 0 Å². The van der Waals surface area contributed by atoms with Gasteiger partial charge in [0, 0.05) is 42.1 Å². The van der Waals surface area contributed by atoms with E-state index in [4.69, 9.17) is 17.3 Å². The second-order valence-electron chi connectivity index (χ2n) is 9.11. The van der Waals surface area contributed by atoms with Gasteiger partial charge in [0.1, 0.15) is 0 Å². The minimum absolute atomic E-state index is 0.0804. The highest BCUT2D eigenvalue weighted by molar-refractivity contribution is 14.1. The van der Waals surface area contributed by atoms with Crippen molar-refractivity contribution in [2.75, 3.05) is 24.7 Å². The van der Waals surface area contributed by atoms with Crippen LogP contribution >= 0.6 is 72.7 Å². The van der Waals surface area contributed by atoms with Crippen LogP contribution in [-0.2, 0) is 0 Å². The molecule has 0 aromatic heterocycles. The number of aryl methyl sites for hydroxylation is 2. The van der Waals surface area contributed by atoms with E-state index in [1.165, 1.54) is 12.0 Å². The first-order chi connectivity index (χ1) is 18.8. The van der Waals surface area contributed by atoms with Crippen molar-refractivity contribution >= 4 is 107 Å². The van der Waals surface area contributed by atoms with Gasteiger partial charge in [0.2, 0.25) is 0 Å². The van der Waals surface area contributed by atoms with Gasteiger partial charge in [0.05, 0.1) is 22.5 Å². The number of hydrogen-bond donors (Lipinski definition) is 3. The molecule has 0 spiro atoms. The van der Waals surface area contributed by atoms with E-state index in [2.05, 4.69) is 83.9 Å². The summed E-state index contributed by atoms with van der Waals surface area (Å²) in [5.74, 6) is -0.532. The lowest BCUT2D eigenvalue weighted by Gasteiger charge is -2.17. The highest BCUT2D eigenvalue weighted by Gasteiger charge is 2.15. The minimum atomic E-state index is -0.452. The van der Waals surface area contributed by atoms with Crippen molar-refractivity contribution in [1.29, 1.82) is 0 Å². The number of amides is 2. The molecular weight excluding hydrogens is 818 g/mol. The fourth-order valence-corrected chi connectivity index (χ4v) is 5.52.